The molecule has 0 aliphatic carbocycles. The van der Waals surface area contributed by atoms with E-state index in [1.165, 1.54) is 0 Å². The first kappa shape index (κ1) is 18.4. The Balaban J connectivity index is 2.33. The van der Waals surface area contributed by atoms with Gasteiger partial charge in [-0.05, 0) is 64.3 Å². The number of amides is 1. The van der Waals surface area contributed by atoms with E-state index in [-0.39, 0.29) is 0 Å². The molecule has 6 heteroatoms. The predicted octanol–water partition coefficient (Wildman–Crippen LogP) is 3.52. The summed E-state index contributed by atoms with van der Waals surface area (Å²) in [7, 11) is 3.20. The number of hydrogen-bond donors (Lipinski definition) is 2. The Hall–Kier alpha value is -1.95. The van der Waals surface area contributed by atoms with Gasteiger partial charge in [0.05, 0.1) is 19.9 Å². The molecule has 2 N–H and O–H groups in total. The highest BCUT2D eigenvalue weighted by Crippen LogP contribution is 2.39. The molecule has 1 heterocycles. The van der Waals surface area contributed by atoms with E-state index < -0.39 is 11.7 Å². The lowest BCUT2D eigenvalue weighted by Crippen LogP contribution is -2.29. The smallest absolute Gasteiger partial charge is 0.412 e. The zero-order valence-electron chi connectivity index (χ0n) is 15.2. The van der Waals surface area contributed by atoms with Crippen molar-refractivity contribution in [2.45, 2.75) is 45.1 Å². The average molecular weight is 336 g/mol. The maximum Gasteiger partial charge on any atom is 0.412 e. The molecular weight excluding hydrogens is 308 g/mol. The lowest BCUT2D eigenvalue weighted by Gasteiger charge is -2.27. The van der Waals surface area contributed by atoms with Gasteiger partial charge in [0.15, 0.2) is 11.5 Å². The number of nitrogens with one attached hydrogen (secondary N) is 2. The molecule has 0 radical (unpaired) electrons. The number of hydrogen-bond acceptors (Lipinski definition) is 5. The van der Waals surface area contributed by atoms with Crippen LogP contribution in [0.15, 0.2) is 12.1 Å². The third-order valence-electron chi connectivity index (χ3n) is 3.97. The third-order valence-corrected chi connectivity index (χ3v) is 3.97. The number of methoxy groups -OCH3 is 2. The monoisotopic (exact) mass is 336 g/mol. The van der Waals surface area contributed by atoms with Crippen molar-refractivity contribution < 1.29 is 19.0 Å². The molecule has 2 rings (SSSR count). The van der Waals surface area contributed by atoms with Crippen molar-refractivity contribution in [1.82, 2.24) is 5.32 Å². The lowest BCUT2D eigenvalue weighted by atomic mass is 9.88. The highest BCUT2D eigenvalue weighted by Gasteiger charge is 2.24. The summed E-state index contributed by atoms with van der Waals surface area (Å²) in [6.07, 6.45) is 1.56. The molecule has 0 aromatic heterocycles. The van der Waals surface area contributed by atoms with Gasteiger partial charge in [-0.25, -0.2) is 4.79 Å². The summed E-state index contributed by atoms with van der Waals surface area (Å²) in [4.78, 5) is 12.2. The summed E-state index contributed by atoms with van der Waals surface area (Å²) >= 11 is 0. The number of benzene rings is 1. The molecule has 24 heavy (non-hydrogen) atoms. The van der Waals surface area contributed by atoms with E-state index in [1.54, 1.807) is 20.3 Å². The summed E-state index contributed by atoms with van der Waals surface area (Å²) < 4.78 is 16.2. The molecular formula is C18H28N2O4. The molecule has 0 unspecified atom stereocenters. The van der Waals surface area contributed by atoms with Gasteiger partial charge in [0.1, 0.15) is 5.60 Å². The Morgan fingerprint density at radius 2 is 1.71 bits per heavy atom. The van der Waals surface area contributed by atoms with Crippen molar-refractivity contribution in [3.05, 3.63) is 17.7 Å². The fraction of sp³-hybridized carbons (Fsp3) is 0.611. The molecule has 0 saturated carbocycles. The number of ether oxygens (including phenoxy) is 3. The van der Waals surface area contributed by atoms with Crippen LogP contribution in [-0.4, -0.2) is 39.0 Å². The molecule has 0 spiro atoms. The molecule has 1 saturated heterocycles. The van der Waals surface area contributed by atoms with Gasteiger partial charge in [-0.15, -0.1) is 0 Å². The Morgan fingerprint density at radius 3 is 2.25 bits per heavy atom. The van der Waals surface area contributed by atoms with Crippen LogP contribution in [-0.2, 0) is 4.74 Å². The second-order valence-corrected chi connectivity index (χ2v) is 6.95. The van der Waals surface area contributed by atoms with Crippen molar-refractivity contribution >= 4 is 11.8 Å². The summed E-state index contributed by atoms with van der Waals surface area (Å²) in [6.45, 7) is 7.45. The van der Waals surface area contributed by atoms with Crippen LogP contribution in [0.25, 0.3) is 0 Å². The summed E-state index contributed by atoms with van der Waals surface area (Å²) in [5.74, 6) is 1.61. The number of carbonyl (C=O) groups excluding carboxylic acids is 1. The van der Waals surface area contributed by atoms with Crippen LogP contribution >= 0.6 is 0 Å². The van der Waals surface area contributed by atoms with Gasteiger partial charge in [-0.3, -0.25) is 5.32 Å². The molecule has 1 fully saturated rings. The van der Waals surface area contributed by atoms with Gasteiger partial charge in [-0.1, -0.05) is 0 Å². The topological polar surface area (TPSA) is 68.8 Å². The van der Waals surface area contributed by atoms with Gasteiger partial charge in [-0.2, -0.15) is 0 Å². The van der Waals surface area contributed by atoms with Crippen molar-refractivity contribution in [3.8, 4) is 11.5 Å². The van der Waals surface area contributed by atoms with Crippen LogP contribution in [0.5, 0.6) is 11.5 Å². The molecule has 6 nitrogen and oxygen atoms in total. The second-order valence-electron chi connectivity index (χ2n) is 6.95. The van der Waals surface area contributed by atoms with E-state index in [2.05, 4.69) is 10.6 Å². The van der Waals surface area contributed by atoms with E-state index in [0.717, 1.165) is 31.5 Å². The zero-order chi connectivity index (χ0) is 17.7. The Kier molecular flexibility index (Phi) is 5.94. The highest BCUT2D eigenvalue weighted by atomic mass is 16.6. The van der Waals surface area contributed by atoms with Gasteiger partial charge in [0.25, 0.3) is 0 Å². The lowest BCUT2D eigenvalue weighted by molar-refractivity contribution is 0.0635. The van der Waals surface area contributed by atoms with Crippen molar-refractivity contribution in [2.24, 2.45) is 0 Å². The average Bonchev–Trinajstić information content (AvgIpc) is 2.53. The fourth-order valence-corrected chi connectivity index (χ4v) is 2.89. The molecule has 1 aliphatic heterocycles. The normalized spacial score (nSPS) is 15.7. The molecule has 1 aliphatic rings. The van der Waals surface area contributed by atoms with Gasteiger partial charge in [0.2, 0.25) is 0 Å². The molecule has 134 valence electrons. The van der Waals surface area contributed by atoms with E-state index in [1.807, 2.05) is 26.8 Å². The predicted molar refractivity (Wildman–Crippen MR) is 94.2 cm³/mol. The Bertz CT molecular complexity index is 575. The van der Waals surface area contributed by atoms with Crippen LogP contribution < -0.4 is 20.1 Å². The van der Waals surface area contributed by atoms with E-state index in [4.69, 9.17) is 14.2 Å². The van der Waals surface area contributed by atoms with Crippen LogP contribution in [0.3, 0.4) is 0 Å². The molecule has 1 amide bonds. The standard InChI is InChI=1S/C18H28N2O4/c1-18(2,3)24-17(21)20-14-11-16(23-5)15(22-4)10-13(14)12-6-8-19-9-7-12/h10-12,19H,6-9H2,1-5H3,(H,20,21). The van der Waals surface area contributed by atoms with E-state index >= 15 is 0 Å². The number of carbonyl (C=O) groups is 1. The number of anilines is 1. The molecule has 0 atom stereocenters. The van der Waals surface area contributed by atoms with E-state index in [9.17, 15) is 4.79 Å². The van der Waals surface area contributed by atoms with Gasteiger partial charge < -0.3 is 19.5 Å². The van der Waals surface area contributed by atoms with Crippen molar-refractivity contribution in [2.75, 3.05) is 32.6 Å². The van der Waals surface area contributed by atoms with Gasteiger partial charge >= 0.3 is 6.09 Å². The third kappa shape index (κ3) is 4.77. The first-order valence-corrected chi connectivity index (χ1v) is 8.30. The van der Waals surface area contributed by atoms with E-state index in [0.29, 0.717) is 23.1 Å². The number of piperidine rings is 1. The second kappa shape index (κ2) is 7.75. The van der Waals surface area contributed by atoms with Gasteiger partial charge in [0, 0.05) is 6.07 Å². The van der Waals surface area contributed by atoms with Crippen LogP contribution in [0.4, 0.5) is 10.5 Å². The molecule has 1 aromatic rings. The van der Waals surface area contributed by atoms with Crippen LogP contribution in [0.1, 0.15) is 45.1 Å². The zero-order valence-corrected chi connectivity index (χ0v) is 15.2. The molecule has 1 aromatic carbocycles. The summed E-state index contributed by atoms with van der Waals surface area (Å²) in [5, 5.41) is 6.23. The van der Waals surface area contributed by atoms with Crippen LogP contribution in [0.2, 0.25) is 0 Å². The molecule has 0 bridgehead atoms. The SMILES string of the molecule is COc1cc(NC(=O)OC(C)(C)C)c(C2CCNCC2)cc1OC. The first-order valence-electron chi connectivity index (χ1n) is 8.30. The summed E-state index contributed by atoms with van der Waals surface area (Å²) in [5.41, 5.74) is 1.23. The first-order chi connectivity index (χ1) is 11.3. The Morgan fingerprint density at radius 1 is 1.12 bits per heavy atom. The maximum atomic E-state index is 12.2. The Labute approximate surface area is 143 Å². The fourth-order valence-electron chi connectivity index (χ4n) is 2.89. The van der Waals surface area contributed by atoms with Crippen LogP contribution in [0, 0.1) is 0 Å². The van der Waals surface area contributed by atoms with Crippen molar-refractivity contribution in [1.29, 1.82) is 0 Å². The summed E-state index contributed by atoms with van der Waals surface area (Å²) in [6, 6.07) is 3.77. The minimum Gasteiger partial charge on any atom is -0.493 e. The quantitative estimate of drug-likeness (QED) is 0.880. The number of rotatable bonds is 4. The minimum atomic E-state index is -0.546. The van der Waals surface area contributed by atoms with Crippen molar-refractivity contribution in [3.63, 3.8) is 0 Å². The minimum absolute atomic E-state index is 0.357. The highest BCUT2D eigenvalue weighted by molar-refractivity contribution is 5.87. The largest absolute Gasteiger partial charge is 0.493 e. The maximum absolute atomic E-state index is 12.2.